The van der Waals surface area contributed by atoms with Gasteiger partial charge in [-0.25, -0.2) is 0 Å². The Hall–Kier alpha value is -2.06. The molecule has 0 spiro atoms. The first-order valence-corrected chi connectivity index (χ1v) is 15.9. The van der Waals surface area contributed by atoms with E-state index in [-0.39, 0.29) is 46.3 Å². The van der Waals surface area contributed by atoms with Gasteiger partial charge in [0.25, 0.3) is 0 Å². The van der Waals surface area contributed by atoms with Gasteiger partial charge in [0, 0.05) is 12.8 Å². The summed E-state index contributed by atoms with van der Waals surface area (Å²) in [6.45, 7) is 12.0. The third-order valence-electron chi connectivity index (χ3n) is 7.36. The molecule has 2 atom stereocenters. The van der Waals surface area contributed by atoms with E-state index < -0.39 is 0 Å². The Bertz CT molecular complexity index is 1050. The van der Waals surface area contributed by atoms with Crippen LogP contribution >= 0.6 is 23.5 Å². The highest BCUT2D eigenvalue weighted by Gasteiger charge is 2.40. The number of benzene rings is 1. The zero-order valence-corrected chi connectivity index (χ0v) is 25.8. The smallest absolute Gasteiger partial charge is 0.314 e. The highest BCUT2D eigenvalue weighted by molar-refractivity contribution is 8.25. The Morgan fingerprint density at radius 3 is 1.56 bits per heavy atom. The van der Waals surface area contributed by atoms with Crippen LogP contribution in [-0.2, 0) is 19.2 Å². The number of Topliss-reactive ketones (excluding diaryl/α,β-unsaturated/α-hetero) is 2. The lowest BCUT2D eigenvalue weighted by Crippen LogP contribution is -2.31. The van der Waals surface area contributed by atoms with E-state index in [1.807, 2.05) is 27.7 Å². The van der Waals surface area contributed by atoms with Crippen LogP contribution in [0.25, 0.3) is 0 Å². The number of esters is 2. The van der Waals surface area contributed by atoms with E-state index in [0.717, 1.165) is 38.5 Å². The Kier molecular flexibility index (Phi) is 11.3. The van der Waals surface area contributed by atoms with Crippen LogP contribution in [0.3, 0.4) is 0 Å². The number of unbranched alkanes of at least 4 members (excludes halogenated alkanes) is 2. The van der Waals surface area contributed by atoms with E-state index in [0.29, 0.717) is 51.2 Å². The third kappa shape index (κ3) is 7.78. The van der Waals surface area contributed by atoms with Gasteiger partial charge in [0.1, 0.15) is 11.5 Å². The summed E-state index contributed by atoms with van der Waals surface area (Å²) in [6, 6.07) is 3.32. The van der Waals surface area contributed by atoms with Crippen LogP contribution in [0, 0.1) is 17.3 Å². The van der Waals surface area contributed by atoms with Crippen molar-refractivity contribution in [2.75, 3.05) is 0 Å². The SMILES string of the molecule is CCCCC(CC)C(=O)Oc1ccc(OC(=O)C(CC)CCCC)c2c1SC(=C1C(=O)CC(C)(C)CC1=O)S2. The van der Waals surface area contributed by atoms with Gasteiger partial charge >= 0.3 is 11.9 Å². The standard InChI is InChI=1S/C31H42O6S2/c1-7-11-13-19(9-3)28(34)36-23-15-16-24(37-29(35)20(10-4)14-12-8-2)27-26(23)38-30(39-27)25-21(32)17-31(5,6)18-22(25)33/h15-16,19-20H,7-14,17-18H2,1-6H3. The van der Waals surface area contributed by atoms with Crippen LogP contribution in [0.15, 0.2) is 31.7 Å². The predicted octanol–water partition coefficient (Wildman–Crippen LogP) is 8.30. The summed E-state index contributed by atoms with van der Waals surface area (Å²) in [4.78, 5) is 53.5. The second-order valence-corrected chi connectivity index (χ2v) is 13.6. The molecule has 2 unspecified atom stereocenters. The summed E-state index contributed by atoms with van der Waals surface area (Å²) in [5, 5.41) is 0. The normalized spacial score (nSPS) is 18.1. The molecule has 1 aromatic rings. The van der Waals surface area contributed by atoms with Crippen molar-refractivity contribution in [1.82, 2.24) is 0 Å². The number of thioether (sulfide) groups is 2. The molecule has 6 nitrogen and oxygen atoms in total. The van der Waals surface area contributed by atoms with Gasteiger partial charge < -0.3 is 9.47 Å². The lowest BCUT2D eigenvalue weighted by molar-refractivity contribution is -0.140. The molecule has 2 aliphatic rings. The highest BCUT2D eigenvalue weighted by Crippen LogP contribution is 2.60. The third-order valence-corrected chi connectivity index (χ3v) is 9.98. The van der Waals surface area contributed by atoms with Crippen molar-refractivity contribution >= 4 is 47.0 Å². The molecule has 39 heavy (non-hydrogen) atoms. The second kappa shape index (κ2) is 14.0. The molecule has 1 aliphatic carbocycles. The quantitative estimate of drug-likeness (QED) is 0.107. The lowest BCUT2D eigenvalue weighted by Gasteiger charge is -2.28. The van der Waals surface area contributed by atoms with Crippen molar-refractivity contribution in [1.29, 1.82) is 0 Å². The predicted molar refractivity (Wildman–Crippen MR) is 156 cm³/mol. The van der Waals surface area contributed by atoms with Gasteiger partial charge in [0.05, 0.1) is 31.4 Å². The van der Waals surface area contributed by atoms with Crippen molar-refractivity contribution in [3.8, 4) is 11.5 Å². The maximum Gasteiger partial charge on any atom is 0.314 e. The topological polar surface area (TPSA) is 86.7 Å². The van der Waals surface area contributed by atoms with Gasteiger partial charge in [0.15, 0.2) is 11.6 Å². The molecule has 1 heterocycles. The maximum absolute atomic E-state index is 13.1. The number of carbonyl (C=O) groups is 4. The summed E-state index contributed by atoms with van der Waals surface area (Å²) >= 11 is 2.52. The Balaban J connectivity index is 1.98. The van der Waals surface area contributed by atoms with Crippen molar-refractivity contribution in [3.63, 3.8) is 0 Å². The number of fused-ring (bicyclic) bond motifs is 1. The minimum Gasteiger partial charge on any atom is -0.425 e. The number of allylic oxidation sites excluding steroid dienone is 1. The number of carbonyl (C=O) groups excluding carboxylic acids is 4. The fourth-order valence-corrected chi connectivity index (χ4v) is 7.70. The van der Waals surface area contributed by atoms with Crippen molar-refractivity contribution in [2.45, 2.75) is 116 Å². The van der Waals surface area contributed by atoms with E-state index in [1.54, 1.807) is 12.1 Å². The monoisotopic (exact) mass is 574 g/mol. The number of ketones is 2. The Labute approximate surface area is 241 Å². The first kappa shape index (κ1) is 31.5. The summed E-state index contributed by atoms with van der Waals surface area (Å²) in [5.41, 5.74) is -0.166. The minimum atomic E-state index is -0.373. The van der Waals surface area contributed by atoms with Crippen LogP contribution in [-0.4, -0.2) is 23.5 Å². The molecule has 0 saturated heterocycles. The first-order valence-electron chi connectivity index (χ1n) is 14.3. The van der Waals surface area contributed by atoms with Crippen molar-refractivity contribution in [2.24, 2.45) is 17.3 Å². The van der Waals surface area contributed by atoms with Crippen LogP contribution in [0.4, 0.5) is 0 Å². The van der Waals surface area contributed by atoms with Crippen LogP contribution < -0.4 is 9.47 Å². The van der Waals surface area contributed by atoms with Gasteiger partial charge in [-0.1, -0.05) is 90.7 Å². The number of rotatable bonds is 12. The fraction of sp³-hybridized carbons (Fsp3) is 0.613. The molecule has 1 fully saturated rings. The van der Waals surface area contributed by atoms with Gasteiger partial charge in [-0.3, -0.25) is 19.2 Å². The Morgan fingerprint density at radius 1 is 0.795 bits per heavy atom. The van der Waals surface area contributed by atoms with Gasteiger partial charge in [-0.2, -0.15) is 0 Å². The molecule has 214 valence electrons. The zero-order valence-electron chi connectivity index (χ0n) is 24.1. The Morgan fingerprint density at radius 2 is 1.21 bits per heavy atom. The molecule has 0 bridgehead atoms. The molecule has 0 N–H and O–H groups in total. The summed E-state index contributed by atoms with van der Waals surface area (Å²) in [7, 11) is 0. The second-order valence-electron chi connectivity index (χ2n) is 11.3. The van der Waals surface area contributed by atoms with Gasteiger partial charge in [-0.15, -0.1) is 0 Å². The first-order chi connectivity index (χ1) is 18.5. The average molecular weight is 575 g/mol. The average Bonchev–Trinajstić information content (AvgIpc) is 3.30. The van der Waals surface area contributed by atoms with Gasteiger partial charge in [-0.05, 0) is 43.2 Å². The molecule has 1 aliphatic heterocycles. The molecule has 0 aromatic heterocycles. The van der Waals surface area contributed by atoms with E-state index in [9.17, 15) is 19.2 Å². The molecule has 3 rings (SSSR count). The number of hydrogen-bond donors (Lipinski definition) is 0. The van der Waals surface area contributed by atoms with Crippen LogP contribution in [0.5, 0.6) is 11.5 Å². The molecule has 0 radical (unpaired) electrons. The van der Waals surface area contributed by atoms with Crippen LogP contribution in [0.2, 0.25) is 0 Å². The van der Waals surface area contributed by atoms with Crippen molar-refractivity contribution < 1.29 is 28.7 Å². The fourth-order valence-electron chi connectivity index (χ4n) is 4.94. The van der Waals surface area contributed by atoms with E-state index in [2.05, 4.69) is 13.8 Å². The molecule has 1 aromatic carbocycles. The van der Waals surface area contributed by atoms with Gasteiger partial charge in [0.2, 0.25) is 0 Å². The molecular weight excluding hydrogens is 532 g/mol. The maximum atomic E-state index is 13.1. The van der Waals surface area contributed by atoms with Crippen LogP contribution in [0.1, 0.15) is 106 Å². The molecular formula is C31H42O6S2. The number of hydrogen-bond acceptors (Lipinski definition) is 8. The summed E-state index contributed by atoms with van der Waals surface area (Å²) < 4.78 is 12.4. The molecule has 1 saturated carbocycles. The number of ether oxygens (including phenoxy) is 2. The molecule has 0 amide bonds. The zero-order chi connectivity index (χ0) is 28.7. The summed E-state index contributed by atoms with van der Waals surface area (Å²) in [5.74, 6) is -0.604. The van der Waals surface area contributed by atoms with Crippen molar-refractivity contribution in [3.05, 3.63) is 21.9 Å². The van der Waals surface area contributed by atoms with E-state index in [4.69, 9.17) is 9.47 Å². The largest absolute Gasteiger partial charge is 0.425 e. The molecule has 8 heteroatoms. The summed E-state index contributed by atoms with van der Waals surface area (Å²) in [6.07, 6.45) is 7.36. The lowest BCUT2D eigenvalue weighted by atomic mass is 9.74. The highest BCUT2D eigenvalue weighted by atomic mass is 32.2. The minimum absolute atomic E-state index is 0.174. The van der Waals surface area contributed by atoms with E-state index >= 15 is 0 Å². The van der Waals surface area contributed by atoms with E-state index in [1.165, 1.54) is 23.5 Å².